The predicted molar refractivity (Wildman–Crippen MR) is 218 cm³/mol. The van der Waals surface area contributed by atoms with Crippen molar-refractivity contribution in [3.63, 3.8) is 0 Å². The Kier molecular flexibility index (Phi) is 6.02. The Morgan fingerprint density at radius 3 is 1.08 bits per heavy atom. The molecule has 11 rings (SSSR count). The molecular weight excluding hydrogens is 615 g/mol. The molecule has 0 fully saturated rings. The Bertz CT molecular complexity index is 2870. The molecule has 2 aromatic heterocycles. The Morgan fingerprint density at radius 1 is 0.275 bits per heavy atom. The fourth-order valence-corrected chi connectivity index (χ4v) is 8.64. The van der Waals surface area contributed by atoms with Crippen LogP contribution in [-0.2, 0) is 0 Å². The van der Waals surface area contributed by atoms with Crippen molar-refractivity contribution < 1.29 is 0 Å². The van der Waals surface area contributed by atoms with Crippen LogP contribution in [0.25, 0.3) is 104 Å². The van der Waals surface area contributed by atoms with Crippen molar-refractivity contribution in [2.24, 2.45) is 0 Å². The smallest absolute Gasteiger partial charge is 0.0620 e. The van der Waals surface area contributed by atoms with E-state index >= 15 is 0 Å². The molecular formula is C50H31N. The van der Waals surface area contributed by atoms with Crippen molar-refractivity contribution in [2.75, 3.05) is 0 Å². The summed E-state index contributed by atoms with van der Waals surface area (Å²) < 4.78 is 2.55. The molecule has 0 aliphatic heterocycles. The minimum absolute atomic E-state index is 1.23. The maximum Gasteiger partial charge on any atom is 0.0620 e. The summed E-state index contributed by atoms with van der Waals surface area (Å²) in [5.41, 5.74) is 13.8. The standard InChI is InChI=1S/C50H31N/c1-3-12-32(13-4-1)34-22-26-36(27-23-34)46-40-18-9-7-16-38(40)30-44-48(46)42-20-11-21-43-49-45(51(44)50(42)43)31-39-17-8-10-19-41(39)47(49)37-28-24-35(25-29-37)33-14-5-2-6-15-33/h1-31H. The summed E-state index contributed by atoms with van der Waals surface area (Å²) >= 11 is 0. The van der Waals surface area contributed by atoms with Gasteiger partial charge in [-0.25, -0.2) is 0 Å². The molecule has 9 aromatic carbocycles. The first-order chi connectivity index (χ1) is 25.3. The lowest BCUT2D eigenvalue weighted by molar-refractivity contribution is 1.38. The van der Waals surface area contributed by atoms with Crippen LogP contribution in [0.15, 0.2) is 188 Å². The van der Waals surface area contributed by atoms with E-state index in [9.17, 15) is 0 Å². The summed E-state index contributed by atoms with van der Waals surface area (Å²) in [7, 11) is 0. The van der Waals surface area contributed by atoms with Crippen LogP contribution in [0, 0.1) is 0 Å². The molecule has 11 aromatic rings. The normalized spacial score (nSPS) is 11.9. The summed E-state index contributed by atoms with van der Waals surface area (Å²) in [4.78, 5) is 0. The third-order valence-electron chi connectivity index (χ3n) is 10.9. The number of benzene rings is 9. The SMILES string of the molecule is c1ccc(-c2ccc(-c3c4ccccc4cc4c3c3cccc5c6c(-c7ccc(-c8ccccc8)cc7)c7ccccc7cc6n4c35)cc2)cc1. The molecule has 0 spiro atoms. The summed E-state index contributed by atoms with van der Waals surface area (Å²) in [6, 6.07) is 69.1. The van der Waals surface area contributed by atoms with Crippen molar-refractivity contribution in [1.29, 1.82) is 0 Å². The van der Waals surface area contributed by atoms with Crippen LogP contribution in [0.2, 0.25) is 0 Å². The molecule has 0 bridgehead atoms. The Labute approximate surface area is 295 Å². The highest BCUT2D eigenvalue weighted by Crippen LogP contribution is 2.49. The molecule has 0 aliphatic carbocycles. The van der Waals surface area contributed by atoms with E-state index in [4.69, 9.17) is 0 Å². The maximum atomic E-state index is 2.55. The van der Waals surface area contributed by atoms with Gasteiger partial charge in [-0.15, -0.1) is 0 Å². The largest absolute Gasteiger partial charge is 0.308 e. The lowest BCUT2D eigenvalue weighted by Crippen LogP contribution is -1.89. The maximum absolute atomic E-state index is 2.55. The van der Waals surface area contributed by atoms with E-state index < -0.39 is 0 Å². The van der Waals surface area contributed by atoms with Gasteiger partial charge in [0.05, 0.1) is 16.6 Å². The van der Waals surface area contributed by atoms with Gasteiger partial charge >= 0.3 is 0 Å². The van der Waals surface area contributed by atoms with Crippen molar-refractivity contribution in [3.05, 3.63) is 188 Å². The van der Waals surface area contributed by atoms with E-state index in [2.05, 4.69) is 192 Å². The minimum atomic E-state index is 1.23. The molecule has 0 N–H and O–H groups in total. The first kappa shape index (κ1) is 28.2. The fraction of sp³-hybridized carbons (Fsp3) is 0. The van der Waals surface area contributed by atoms with Gasteiger partial charge in [0.2, 0.25) is 0 Å². The molecule has 0 radical (unpaired) electrons. The zero-order valence-electron chi connectivity index (χ0n) is 27.8. The van der Waals surface area contributed by atoms with Crippen LogP contribution in [-0.4, -0.2) is 4.40 Å². The predicted octanol–water partition coefficient (Wildman–Crippen LogP) is 13.8. The lowest BCUT2D eigenvalue weighted by Gasteiger charge is -2.14. The molecule has 51 heavy (non-hydrogen) atoms. The quantitative estimate of drug-likeness (QED) is 0.179. The van der Waals surface area contributed by atoms with E-state index in [-0.39, 0.29) is 0 Å². The minimum Gasteiger partial charge on any atom is -0.308 e. The van der Waals surface area contributed by atoms with Crippen molar-refractivity contribution in [1.82, 2.24) is 4.40 Å². The van der Waals surface area contributed by atoms with Gasteiger partial charge in [-0.05, 0) is 78.2 Å². The monoisotopic (exact) mass is 645 g/mol. The molecule has 0 saturated carbocycles. The molecule has 0 aliphatic rings. The second-order valence-corrected chi connectivity index (χ2v) is 13.7. The average molecular weight is 646 g/mol. The Morgan fingerprint density at radius 2 is 0.627 bits per heavy atom. The van der Waals surface area contributed by atoms with Crippen molar-refractivity contribution >= 4 is 59.6 Å². The molecule has 0 saturated heterocycles. The van der Waals surface area contributed by atoms with E-state index in [1.54, 1.807) is 0 Å². The fourth-order valence-electron chi connectivity index (χ4n) is 8.64. The van der Waals surface area contributed by atoms with Gasteiger partial charge in [-0.2, -0.15) is 0 Å². The van der Waals surface area contributed by atoms with Crippen LogP contribution in [0.5, 0.6) is 0 Å². The molecule has 1 heteroatoms. The topological polar surface area (TPSA) is 4.41 Å². The second kappa shape index (κ2) is 10.9. The Hall–Kier alpha value is -6.70. The van der Waals surface area contributed by atoms with Gasteiger partial charge in [-0.3, -0.25) is 0 Å². The molecule has 0 unspecified atom stereocenters. The van der Waals surface area contributed by atoms with Gasteiger partial charge in [0, 0.05) is 21.5 Å². The molecule has 0 atom stereocenters. The average Bonchev–Trinajstić information content (AvgIpc) is 3.72. The van der Waals surface area contributed by atoms with E-state index in [1.165, 1.54) is 104 Å². The number of hydrogen-bond donors (Lipinski definition) is 0. The van der Waals surface area contributed by atoms with Crippen LogP contribution in [0.3, 0.4) is 0 Å². The first-order valence-electron chi connectivity index (χ1n) is 17.7. The molecule has 0 amide bonds. The van der Waals surface area contributed by atoms with Gasteiger partial charge in [-0.1, -0.05) is 176 Å². The first-order valence-corrected chi connectivity index (χ1v) is 17.7. The zero-order chi connectivity index (χ0) is 33.5. The third-order valence-corrected chi connectivity index (χ3v) is 10.9. The second-order valence-electron chi connectivity index (χ2n) is 13.7. The van der Waals surface area contributed by atoms with E-state index in [0.717, 1.165) is 0 Å². The highest BCUT2D eigenvalue weighted by molar-refractivity contribution is 6.32. The van der Waals surface area contributed by atoms with Crippen molar-refractivity contribution in [2.45, 2.75) is 0 Å². The van der Waals surface area contributed by atoms with Gasteiger partial charge in [0.25, 0.3) is 0 Å². The van der Waals surface area contributed by atoms with Crippen LogP contribution < -0.4 is 0 Å². The van der Waals surface area contributed by atoms with Crippen LogP contribution in [0.4, 0.5) is 0 Å². The molecule has 236 valence electrons. The van der Waals surface area contributed by atoms with Gasteiger partial charge < -0.3 is 4.40 Å². The van der Waals surface area contributed by atoms with Gasteiger partial charge in [0.15, 0.2) is 0 Å². The Balaban J connectivity index is 1.23. The number of para-hydroxylation sites is 1. The number of aromatic nitrogens is 1. The molecule has 1 nitrogen and oxygen atoms in total. The summed E-state index contributed by atoms with van der Waals surface area (Å²) in [6.45, 7) is 0. The summed E-state index contributed by atoms with van der Waals surface area (Å²) in [6.07, 6.45) is 0. The highest BCUT2D eigenvalue weighted by atomic mass is 14.9. The van der Waals surface area contributed by atoms with Crippen molar-refractivity contribution in [3.8, 4) is 44.5 Å². The number of fused-ring (bicyclic) bond motifs is 8. The van der Waals surface area contributed by atoms with E-state index in [1.807, 2.05) is 0 Å². The number of nitrogens with zero attached hydrogens (tertiary/aromatic N) is 1. The van der Waals surface area contributed by atoms with Crippen LogP contribution in [0.1, 0.15) is 0 Å². The highest BCUT2D eigenvalue weighted by Gasteiger charge is 2.24. The zero-order valence-corrected chi connectivity index (χ0v) is 27.8. The summed E-state index contributed by atoms with van der Waals surface area (Å²) in [5.74, 6) is 0. The third kappa shape index (κ3) is 4.16. The lowest BCUT2D eigenvalue weighted by atomic mass is 9.90. The van der Waals surface area contributed by atoms with Crippen LogP contribution >= 0.6 is 0 Å². The number of rotatable bonds is 4. The van der Waals surface area contributed by atoms with E-state index in [0.29, 0.717) is 0 Å². The summed E-state index contributed by atoms with van der Waals surface area (Å²) in [5, 5.41) is 10.3. The van der Waals surface area contributed by atoms with Gasteiger partial charge in [0.1, 0.15) is 0 Å². The molecule has 2 heterocycles. The number of hydrogen-bond acceptors (Lipinski definition) is 0.